The second kappa shape index (κ2) is 8.60. The summed E-state index contributed by atoms with van der Waals surface area (Å²) in [5.41, 5.74) is 1.13. The van der Waals surface area contributed by atoms with E-state index in [1.807, 2.05) is 37.3 Å². The average molecular weight is 332 g/mol. The Balaban J connectivity index is 1.39. The quantitative estimate of drug-likeness (QED) is 0.865. The minimum Gasteiger partial charge on any atom is -0.379 e. The van der Waals surface area contributed by atoms with E-state index in [1.165, 1.54) is 0 Å². The normalized spacial score (nSPS) is 24.0. The van der Waals surface area contributed by atoms with Gasteiger partial charge in [0.25, 0.3) is 0 Å². The molecule has 1 N–H and O–H groups in total. The molecule has 0 spiro atoms. The molecule has 0 radical (unpaired) electrons. The first-order chi connectivity index (χ1) is 11.7. The van der Waals surface area contributed by atoms with Crippen LogP contribution < -0.4 is 5.32 Å². The van der Waals surface area contributed by atoms with Crippen molar-refractivity contribution in [2.75, 3.05) is 26.3 Å². The summed E-state index contributed by atoms with van der Waals surface area (Å²) in [5, 5.41) is 3.04. The summed E-state index contributed by atoms with van der Waals surface area (Å²) in [7, 11) is 0. The van der Waals surface area contributed by atoms with Gasteiger partial charge in [-0.05, 0) is 31.7 Å². The Morgan fingerprint density at radius 3 is 2.67 bits per heavy atom. The van der Waals surface area contributed by atoms with E-state index in [0.717, 1.165) is 51.1 Å². The number of rotatable bonds is 6. The first-order valence-electron chi connectivity index (χ1n) is 9.01. The molecule has 2 saturated heterocycles. The Bertz CT molecular complexity index is 509. The van der Waals surface area contributed by atoms with Gasteiger partial charge in [0, 0.05) is 26.2 Å². The third-order valence-corrected chi connectivity index (χ3v) is 4.99. The summed E-state index contributed by atoms with van der Waals surface area (Å²) < 4.78 is 11.5. The Labute approximate surface area is 144 Å². The van der Waals surface area contributed by atoms with Crippen LogP contribution in [-0.2, 0) is 20.8 Å². The van der Waals surface area contributed by atoms with E-state index < -0.39 is 0 Å². The van der Waals surface area contributed by atoms with Gasteiger partial charge in [0.1, 0.15) is 0 Å². The van der Waals surface area contributed by atoms with Crippen molar-refractivity contribution in [3.63, 3.8) is 0 Å². The maximum Gasteiger partial charge on any atom is 0.237 e. The number of hydrogen-bond donors (Lipinski definition) is 1. The van der Waals surface area contributed by atoms with E-state index in [-0.39, 0.29) is 18.1 Å². The molecule has 3 rings (SSSR count). The summed E-state index contributed by atoms with van der Waals surface area (Å²) in [4.78, 5) is 14.6. The number of amides is 1. The molecule has 2 aliphatic rings. The number of piperidine rings is 1. The molecule has 2 heterocycles. The maximum atomic E-state index is 12.4. The van der Waals surface area contributed by atoms with Crippen LogP contribution in [-0.4, -0.2) is 55.4 Å². The molecule has 1 amide bonds. The van der Waals surface area contributed by atoms with Gasteiger partial charge in [-0.15, -0.1) is 0 Å². The van der Waals surface area contributed by atoms with Gasteiger partial charge in [-0.25, -0.2) is 0 Å². The fourth-order valence-corrected chi connectivity index (χ4v) is 3.39. The van der Waals surface area contributed by atoms with Gasteiger partial charge in [0.15, 0.2) is 0 Å². The van der Waals surface area contributed by atoms with Gasteiger partial charge >= 0.3 is 0 Å². The van der Waals surface area contributed by atoms with Gasteiger partial charge < -0.3 is 14.8 Å². The van der Waals surface area contributed by atoms with Crippen LogP contribution in [0.15, 0.2) is 30.3 Å². The highest BCUT2D eigenvalue weighted by molar-refractivity contribution is 5.81. The molecular weight excluding hydrogens is 304 g/mol. The molecule has 132 valence electrons. The maximum absolute atomic E-state index is 12.4. The van der Waals surface area contributed by atoms with Crippen LogP contribution in [0.1, 0.15) is 31.7 Å². The van der Waals surface area contributed by atoms with Crippen molar-refractivity contribution < 1.29 is 14.3 Å². The number of nitrogens with one attached hydrogen (secondary N) is 1. The highest BCUT2D eigenvalue weighted by atomic mass is 16.5. The Morgan fingerprint density at radius 2 is 2.00 bits per heavy atom. The fourth-order valence-electron chi connectivity index (χ4n) is 3.39. The summed E-state index contributed by atoms with van der Waals surface area (Å²) in [6, 6.07) is 9.93. The molecule has 0 aliphatic carbocycles. The number of carbonyl (C=O) groups excluding carboxylic acids is 1. The van der Waals surface area contributed by atoms with E-state index >= 15 is 0 Å². The monoisotopic (exact) mass is 332 g/mol. The first kappa shape index (κ1) is 17.4. The van der Waals surface area contributed by atoms with Crippen molar-refractivity contribution in [3.05, 3.63) is 35.9 Å². The minimum absolute atomic E-state index is 0.0931. The minimum atomic E-state index is -0.0931. The number of hydrogen-bond acceptors (Lipinski definition) is 4. The molecule has 0 bridgehead atoms. The Kier molecular flexibility index (Phi) is 6.24. The Morgan fingerprint density at radius 1 is 1.25 bits per heavy atom. The van der Waals surface area contributed by atoms with Gasteiger partial charge in [-0.1, -0.05) is 30.3 Å². The summed E-state index contributed by atoms with van der Waals surface area (Å²) in [5.74, 6) is 0.0995. The zero-order chi connectivity index (χ0) is 16.8. The topological polar surface area (TPSA) is 50.8 Å². The van der Waals surface area contributed by atoms with Crippen LogP contribution in [0, 0.1) is 0 Å². The standard InChI is InChI=1S/C19H28N2O3/c1-15(19(22)20-13-16-5-3-2-4-6-16)21-10-7-17(8-11-21)24-18-9-12-23-14-18/h2-6,15,17-18H,7-14H2,1H3,(H,20,22)/t15-,18-/m0/s1. The summed E-state index contributed by atoms with van der Waals surface area (Å²) in [6.07, 6.45) is 3.58. The van der Waals surface area contributed by atoms with E-state index in [4.69, 9.17) is 9.47 Å². The lowest BCUT2D eigenvalue weighted by molar-refractivity contribution is -0.127. The van der Waals surface area contributed by atoms with Crippen LogP contribution in [0.5, 0.6) is 0 Å². The van der Waals surface area contributed by atoms with E-state index in [9.17, 15) is 4.79 Å². The third kappa shape index (κ3) is 4.79. The van der Waals surface area contributed by atoms with Crippen molar-refractivity contribution in [2.24, 2.45) is 0 Å². The predicted molar refractivity (Wildman–Crippen MR) is 92.7 cm³/mol. The lowest BCUT2D eigenvalue weighted by atomic mass is 10.1. The van der Waals surface area contributed by atoms with Crippen LogP contribution in [0.3, 0.4) is 0 Å². The van der Waals surface area contributed by atoms with Crippen LogP contribution in [0.4, 0.5) is 0 Å². The number of carbonyl (C=O) groups is 1. The highest BCUT2D eigenvalue weighted by Crippen LogP contribution is 2.20. The van der Waals surface area contributed by atoms with Crippen LogP contribution >= 0.6 is 0 Å². The molecular formula is C19H28N2O3. The molecule has 24 heavy (non-hydrogen) atoms. The number of benzene rings is 1. The molecule has 1 aromatic carbocycles. The summed E-state index contributed by atoms with van der Waals surface area (Å²) in [6.45, 7) is 5.97. The molecule has 5 heteroatoms. The van der Waals surface area contributed by atoms with E-state index in [0.29, 0.717) is 12.6 Å². The van der Waals surface area contributed by atoms with Crippen LogP contribution in [0.25, 0.3) is 0 Å². The second-order valence-electron chi connectivity index (χ2n) is 6.74. The third-order valence-electron chi connectivity index (χ3n) is 4.99. The smallest absolute Gasteiger partial charge is 0.237 e. The van der Waals surface area contributed by atoms with Gasteiger partial charge in [-0.2, -0.15) is 0 Å². The number of nitrogens with zero attached hydrogens (tertiary/aromatic N) is 1. The molecule has 2 aliphatic heterocycles. The Hall–Kier alpha value is -1.43. The molecule has 1 aromatic rings. The van der Waals surface area contributed by atoms with Crippen LogP contribution in [0.2, 0.25) is 0 Å². The lowest BCUT2D eigenvalue weighted by Gasteiger charge is -2.36. The molecule has 5 nitrogen and oxygen atoms in total. The van der Waals surface area contributed by atoms with Crippen molar-refractivity contribution >= 4 is 5.91 Å². The highest BCUT2D eigenvalue weighted by Gasteiger charge is 2.29. The lowest BCUT2D eigenvalue weighted by Crippen LogP contribution is -2.49. The van der Waals surface area contributed by atoms with Crippen molar-refractivity contribution in [2.45, 2.75) is 51.0 Å². The van der Waals surface area contributed by atoms with Gasteiger partial charge in [0.2, 0.25) is 5.91 Å². The van der Waals surface area contributed by atoms with E-state index in [2.05, 4.69) is 10.2 Å². The molecule has 0 saturated carbocycles. The fraction of sp³-hybridized carbons (Fsp3) is 0.632. The summed E-state index contributed by atoms with van der Waals surface area (Å²) >= 11 is 0. The first-order valence-corrected chi connectivity index (χ1v) is 9.01. The van der Waals surface area contributed by atoms with Gasteiger partial charge in [0.05, 0.1) is 24.9 Å². The zero-order valence-corrected chi connectivity index (χ0v) is 14.4. The molecule has 0 unspecified atom stereocenters. The number of ether oxygens (including phenoxy) is 2. The molecule has 2 atom stereocenters. The molecule has 0 aromatic heterocycles. The molecule has 2 fully saturated rings. The van der Waals surface area contributed by atoms with Gasteiger partial charge in [-0.3, -0.25) is 9.69 Å². The second-order valence-corrected chi connectivity index (χ2v) is 6.74. The van der Waals surface area contributed by atoms with Crippen molar-refractivity contribution in [3.8, 4) is 0 Å². The van der Waals surface area contributed by atoms with E-state index in [1.54, 1.807) is 0 Å². The average Bonchev–Trinajstić information content (AvgIpc) is 3.13. The SMILES string of the molecule is C[C@@H](C(=O)NCc1ccccc1)N1CCC(O[C@H]2CCOC2)CC1. The number of likely N-dealkylation sites (tertiary alicyclic amines) is 1. The zero-order valence-electron chi connectivity index (χ0n) is 14.4. The predicted octanol–water partition coefficient (Wildman–Crippen LogP) is 1.96. The van der Waals surface area contributed by atoms with Crippen molar-refractivity contribution in [1.29, 1.82) is 0 Å². The van der Waals surface area contributed by atoms with Crippen molar-refractivity contribution in [1.82, 2.24) is 10.2 Å². The largest absolute Gasteiger partial charge is 0.379 e.